The summed E-state index contributed by atoms with van der Waals surface area (Å²) in [7, 11) is 0. The number of aromatic nitrogens is 1. The second kappa shape index (κ2) is 6.72. The van der Waals surface area contributed by atoms with E-state index in [0.717, 1.165) is 31.7 Å². The van der Waals surface area contributed by atoms with Crippen LogP contribution in [0.4, 0.5) is 5.69 Å². The van der Waals surface area contributed by atoms with Crippen LogP contribution in [-0.4, -0.2) is 11.5 Å². The Morgan fingerprint density at radius 3 is 2.95 bits per heavy atom. The normalized spacial score (nSPS) is 13.6. The molecule has 1 aromatic heterocycles. The molecule has 0 aliphatic carbocycles. The molecule has 2 heterocycles. The third kappa shape index (κ3) is 3.24. The lowest BCUT2D eigenvalue weighted by Gasteiger charge is -2.21. The van der Waals surface area contributed by atoms with Gasteiger partial charge in [-0.25, -0.2) is 0 Å². The average Bonchev–Trinajstić information content (AvgIpc) is 2.55. The molecule has 0 saturated carbocycles. The van der Waals surface area contributed by atoms with Crippen LogP contribution in [0.15, 0.2) is 36.5 Å². The predicted molar refractivity (Wildman–Crippen MR) is 87.4 cm³/mol. The Kier molecular flexibility index (Phi) is 4.51. The van der Waals surface area contributed by atoms with E-state index in [-0.39, 0.29) is 0 Å². The monoisotopic (exact) mass is 281 g/mol. The first-order chi connectivity index (χ1) is 10.4. The van der Waals surface area contributed by atoms with Crippen LogP contribution in [0, 0.1) is 0 Å². The Labute approximate surface area is 126 Å². The van der Waals surface area contributed by atoms with Gasteiger partial charge in [0.25, 0.3) is 0 Å². The van der Waals surface area contributed by atoms with Gasteiger partial charge in [0.2, 0.25) is 0 Å². The van der Waals surface area contributed by atoms with Gasteiger partial charge in [0.05, 0.1) is 5.69 Å². The molecule has 0 bridgehead atoms. The minimum absolute atomic E-state index is 0.827. The Morgan fingerprint density at radius 2 is 2.05 bits per heavy atom. The van der Waals surface area contributed by atoms with Crippen LogP contribution < -0.4 is 10.6 Å². The van der Waals surface area contributed by atoms with Crippen molar-refractivity contribution in [2.75, 3.05) is 11.9 Å². The molecule has 0 unspecified atom stereocenters. The molecule has 3 heteroatoms. The van der Waals surface area contributed by atoms with Gasteiger partial charge in [0.1, 0.15) is 0 Å². The van der Waals surface area contributed by atoms with E-state index >= 15 is 0 Å². The van der Waals surface area contributed by atoms with E-state index in [1.165, 1.54) is 35.2 Å². The molecule has 21 heavy (non-hydrogen) atoms. The summed E-state index contributed by atoms with van der Waals surface area (Å²) in [6.45, 7) is 4.98. The smallest absolute Gasteiger partial charge is 0.0573 e. The number of nitrogens with one attached hydrogen (secondary N) is 2. The van der Waals surface area contributed by atoms with Crippen LogP contribution in [0.1, 0.15) is 35.7 Å². The van der Waals surface area contributed by atoms with Gasteiger partial charge >= 0.3 is 0 Å². The summed E-state index contributed by atoms with van der Waals surface area (Å²) in [6, 6.07) is 10.8. The number of fused-ring (bicyclic) bond motifs is 1. The Morgan fingerprint density at radius 1 is 1.14 bits per heavy atom. The van der Waals surface area contributed by atoms with Crippen molar-refractivity contribution in [1.82, 2.24) is 10.3 Å². The maximum atomic E-state index is 4.49. The Hall–Kier alpha value is -1.87. The molecule has 3 nitrogen and oxygen atoms in total. The first kappa shape index (κ1) is 14.1. The fourth-order valence-electron chi connectivity index (χ4n) is 3.00. The summed E-state index contributed by atoms with van der Waals surface area (Å²) in [5, 5.41) is 7.09. The fourth-order valence-corrected chi connectivity index (χ4v) is 3.00. The van der Waals surface area contributed by atoms with E-state index in [9.17, 15) is 0 Å². The molecule has 0 atom stereocenters. The van der Waals surface area contributed by atoms with Crippen molar-refractivity contribution in [2.24, 2.45) is 0 Å². The number of rotatable bonds is 5. The molecule has 1 aliphatic rings. The first-order valence-electron chi connectivity index (χ1n) is 7.86. The molecule has 2 aromatic rings. The van der Waals surface area contributed by atoms with Gasteiger partial charge < -0.3 is 10.6 Å². The SMILES string of the molecule is CCc1cccnc1CNCc1cccc2c1NCCC2. The Bertz CT molecular complexity index is 607. The highest BCUT2D eigenvalue weighted by Crippen LogP contribution is 2.25. The predicted octanol–water partition coefficient (Wildman–Crippen LogP) is 3.29. The molecule has 1 aliphatic heterocycles. The van der Waals surface area contributed by atoms with Gasteiger partial charge in [-0.2, -0.15) is 0 Å². The second-order valence-corrected chi connectivity index (χ2v) is 5.55. The number of pyridine rings is 1. The van der Waals surface area contributed by atoms with Gasteiger partial charge in [-0.05, 0) is 42.0 Å². The minimum atomic E-state index is 0.827. The number of aryl methyl sites for hydroxylation is 2. The van der Waals surface area contributed by atoms with Gasteiger partial charge in [0, 0.05) is 31.5 Å². The lowest BCUT2D eigenvalue weighted by atomic mass is 9.99. The standard InChI is InChI=1S/C18H23N3/c1-2-14-8-4-10-20-17(14)13-19-12-16-7-3-6-15-9-5-11-21-18(15)16/h3-4,6-8,10,19,21H,2,5,9,11-13H2,1H3. The molecule has 1 aromatic carbocycles. The third-order valence-corrected chi connectivity index (χ3v) is 4.14. The largest absolute Gasteiger partial charge is 0.385 e. The van der Waals surface area contributed by atoms with Crippen LogP contribution in [0.2, 0.25) is 0 Å². The van der Waals surface area contributed by atoms with Crippen molar-refractivity contribution >= 4 is 5.69 Å². The number of para-hydroxylation sites is 1. The number of hydrogen-bond acceptors (Lipinski definition) is 3. The zero-order chi connectivity index (χ0) is 14.5. The van der Waals surface area contributed by atoms with Gasteiger partial charge in [0.15, 0.2) is 0 Å². The van der Waals surface area contributed by atoms with E-state index in [2.05, 4.69) is 46.8 Å². The number of hydrogen-bond donors (Lipinski definition) is 2. The summed E-state index contributed by atoms with van der Waals surface area (Å²) < 4.78 is 0. The summed E-state index contributed by atoms with van der Waals surface area (Å²) in [5.74, 6) is 0. The third-order valence-electron chi connectivity index (χ3n) is 4.14. The molecule has 0 amide bonds. The lowest BCUT2D eigenvalue weighted by molar-refractivity contribution is 0.671. The minimum Gasteiger partial charge on any atom is -0.385 e. The van der Waals surface area contributed by atoms with E-state index < -0.39 is 0 Å². The summed E-state index contributed by atoms with van der Waals surface area (Å²) in [5.41, 5.74) is 6.65. The number of anilines is 1. The molecule has 3 rings (SSSR count). The van der Waals surface area contributed by atoms with Crippen molar-refractivity contribution in [3.63, 3.8) is 0 Å². The molecule has 110 valence electrons. The first-order valence-corrected chi connectivity index (χ1v) is 7.86. The van der Waals surface area contributed by atoms with Crippen molar-refractivity contribution in [3.05, 3.63) is 58.9 Å². The highest BCUT2D eigenvalue weighted by atomic mass is 14.9. The molecule has 0 fully saturated rings. The van der Waals surface area contributed by atoms with E-state index in [4.69, 9.17) is 0 Å². The molecular formula is C18H23N3. The van der Waals surface area contributed by atoms with Crippen LogP contribution in [0.5, 0.6) is 0 Å². The van der Waals surface area contributed by atoms with E-state index in [1.807, 2.05) is 12.3 Å². The van der Waals surface area contributed by atoms with Crippen molar-refractivity contribution < 1.29 is 0 Å². The molecule has 2 N–H and O–H groups in total. The summed E-state index contributed by atoms with van der Waals surface area (Å²) in [4.78, 5) is 4.49. The van der Waals surface area contributed by atoms with Crippen LogP contribution in [-0.2, 0) is 25.9 Å². The lowest BCUT2D eigenvalue weighted by Crippen LogP contribution is -2.19. The highest BCUT2D eigenvalue weighted by Gasteiger charge is 2.11. The zero-order valence-corrected chi connectivity index (χ0v) is 12.7. The van der Waals surface area contributed by atoms with Crippen molar-refractivity contribution in [2.45, 2.75) is 39.3 Å². The van der Waals surface area contributed by atoms with Gasteiger partial charge in [-0.3, -0.25) is 4.98 Å². The topological polar surface area (TPSA) is 37.0 Å². The second-order valence-electron chi connectivity index (χ2n) is 5.55. The van der Waals surface area contributed by atoms with Crippen molar-refractivity contribution in [1.29, 1.82) is 0 Å². The van der Waals surface area contributed by atoms with Crippen LogP contribution in [0.25, 0.3) is 0 Å². The van der Waals surface area contributed by atoms with Crippen molar-refractivity contribution in [3.8, 4) is 0 Å². The van der Waals surface area contributed by atoms with E-state index in [0.29, 0.717) is 0 Å². The van der Waals surface area contributed by atoms with E-state index in [1.54, 1.807) is 0 Å². The molecular weight excluding hydrogens is 258 g/mol. The summed E-state index contributed by atoms with van der Waals surface area (Å²) in [6.07, 6.45) is 5.34. The van der Waals surface area contributed by atoms with Crippen LogP contribution >= 0.6 is 0 Å². The maximum absolute atomic E-state index is 4.49. The quantitative estimate of drug-likeness (QED) is 0.883. The van der Waals surface area contributed by atoms with Gasteiger partial charge in [-0.1, -0.05) is 31.2 Å². The highest BCUT2D eigenvalue weighted by molar-refractivity contribution is 5.59. The summed E-state index contributed by atoms with van der Waals surface area (Å²) >= 11 is 0. The van der Waals surface area contributed by atoms with Gasteiger partial charge in [-0.15, -0.1) is 0 Å². The fraction of sp³-hybridized carbons (Fsp3) is 0.389. The molecule has 0 saturated heterocycles. The maximum Gasteiger partial charge on any atom is 0.0573 e. The number of benzene rings is 1. The number of nitrogens with zero attached hydrogens (tertiary/aromatic N) is 1. The average molecular weight is 281 g/mol. The zero-order valence-electron chi connectivity index (χ0n) is 12.7. The molecule has 0 spiro atoms. The Balaban J connectivity index is 1.66. The van der Waals surface area contributed by atoms with Crippen LogP contribution in [0.3, 0.4) is 0 Å². The molecule has 0 radical (unpaired) electrons.